The molecule has 1 aromatic heterocycles. The number of carbonyl (C=O) groups excluding carboxylic acids is 2. The lowest BCUT2D eigenvalue weighted by Gasteiger charge is -2.14. The molecule has 0 unspecified atom stereocenters. The smallest absolute Gasteiger partial charge is 0.293 e. The van der Waals surface area contributed by atoms with Crippen LogP contribution in [0.1, 0.15) is 11.1 Å². The number of hydrogen-bond donors (Lipinski definition) is 0. The van der Waals surface area contributed by atoms with Crippen molar-refractivity contribution in [3.63, 3.8) is 0 Å². The molecule has 188 valence electrons. The summed E-state index contributed by atoms with van der Waals surface area (Å²) in [5.41, 5.74) is 3.01. The quantitative estimate of drug-likeness (QED) is 0.200. The molecule has 1 aliphatic heterocycles. The van der Waals surface area contributed by atoms with Crippen LogP contribution in [0.15, 0.2) is 102 Å². The van der Waals surface area contributed by atoms with E-state index in [0.29, 0.717) is 16.5 Å². The lowest BCUT2D eigenvalue weighted by molar-refractivity contribution is -0.123. The van der Waals surface area contributed by atoms with E-state index in [2.05, 4.69) is 4.57 Å². The fraction of sp³-hybridized carbons (Fsp3) is 0.0968. The Morgan fingerprint density at radius 1 is 0.868 bits per heavy atom. The summed E-state index contributed by atoms with van der Waals surface area (Å²) in [5, 5.41) is 3.50. The molecule has 0 radical (unpaired) electrons. The van der Waals surface area contributed by atoms with Crippen LogP contribution in [0, 0.1) is 0 Å². The van der Waals surface area contributed by atoms with Crippen molar-refractivity contribution < 1.29 is 14.3 Å². The molecular weight excluding hydrogens is 516 g/mol. The van der Waals surface area contributed by atoms with Crippen molar-refractivity contribution in [2.45, 2.75) is 6.54 Å². The third kappa shape index (κ3) is 4.80. The standard InChI is InChI=1S/C31H23ClN2O3S/c32-24-10-5-7-21(17-24)19-33-20-23(25-11-3-4-13-27(25)33)18-29-30(35)34(31(36)38-29)15-16-37-28-14-6-9-22-8-1-2-12-26(22)28/h1-14,17-18,20H,15-16,19H2/b29-18-. The minimum absolute atomic E-state index is 0.182. The fourth-order valence-corrected chi connectivity index (χ4v) is 5.82. The number of rotatable bonds is 7. The number of benzene rings is 4. The molecule has 5 nitrogen and oxygen atoms in total. The first-order chi connectivity index (χ1) is 18.6. The average molecular weight is 539 g/mol. The van der Waals surface area contributed by atoms with E-state index in [9.17, 15) is 9.59 Å². The van der Waals surface area contributed by atoms with Crippen LogP contribution in [0.3, 0.4) is 0 Å². The van der Waals surface area contributed by atoms with Crippen LogP contribution < -0.4 is 4.74 Å². The summed E-state index contributed by atoms with van der Waals surface area (Å²) in [4.78, 5) is 27.6. The average Bonchev–Trinajstić information content (AvgIpc) is 3.40. The summed E-state index contributed by atoms with van der Waals surface area (Å²) in [6, 6.07) is 29.6. The third-order valence-corrected chi connectivity index (χ3v) is 7.69. The molecule has 0 spiro atoms. The molecule has 0 atom stereocenters. The van der Waals surface area contributed by atoms with Gasteiger partial charge in [0.05, 0.1) is 11.4 Å². The number of amides is 2. The number of nitrogens with zero attached hydrogens (tertiary/aromatic N) is 2. The van der Waals surface area contributed by atoms with Gasteiger partial charge in [0.25, 0.3) is 11.1 Å². The molecule has 0 bridgehead atoms. The Morgan fingerprint density at radius 2 is 1.63 bits per heavy atom. The second-order valence-corrected chi connectivity index (χ2v) is 10.4. The Bertz CT molecular complexity index is 1720. The summed E-state index contributed by atoms with van der Waals surface area (Å²) in [6.07, 6.45) is 3.83. The van der Waals surface area contributed by atoms with Gasteiger partial charge >= 0.3 is 0 Å². The van der Waals surface area contributed by atoms with Gasteiger partial charge in [0.2, 0.25) is 0 Å². The predicted molar refractivity (Wildman–Crippen MR) is 155 cm³/mol. The zero-order chi connectivity index (χ0) is 26.1. The first-order valence-electron chi connectivity index (χ1n) is 12.2. The summed E-state index contributed by atoms with van der Waals surface area (Å²) in [7, 11) is 0. The number of imide groups is 1. The van der Waals surface area contributed by atoms with Crippen molar-refractivity contribution in [1.29, 1.82) is 0 Å². The minimum Gasteiger partial charge on any atom is -0.491 e. The van der Waals surface area contributed by atoms with E-state index in [4.69, 9.17) is 16.3 Å². The zero-order valence-electron chi connectivity index (χ0n) is 20.3. The van der Waals surface area contributed by atoms with Crippen molar-refractivity contribution in [3.05, 3.63) is 118 Å². The molecule has 0 N–H and O–H groups in total. The normalized spacial score (nSPS) is 14.8. The summed E-state index contributed by atoms with van der Waals surface area (Å²) in [5.74, 6) is 0.436. The number of carbonyl (C=O) groups is 2. The van der Waals surface area contributed by atoms with E-state index in [1.807, 2.05) is 103 Å². The maximum Gasteiger partial charge on any atom is 0.293 e. The van der Waals surface area contributed by atoms with Crippen LogP contribution in [0.5, 0.6) is 5.75 Å². The van der Waals surface area contributed by atoms with Gasteiger partial charge in [-0.25, -0.2) is 0 Å². The van der Waals surface area contributed by atoms with Crippen molar-refractivity contribution in [1.82, 2.24) is 9.47 Å². The molecule has 7 heteroatoms. The van der Waals surface area contributed by atoms with Crippen molar-refractivity contribution in [2.24, 2.45) is 0 Å². The topological polar surface area (TPSA) is 51.5 Å². The lowest BCUT2D eigenvalue weighted by Crippen LogP contribution is -2.32. The van der Waals surface area contributed by atoms with Gasteiger partial charge in [0.15, 0.2) is 0 Å². The van der Waals surface area contributed by atoms with Crippen molar-refractivity contribution in [3.8, 4) is 5.75 Å². The SMILES string of the molecule is O=C1S/C(=C\c2cn(Cc3cccc(Cl)c3)c3ccccc23)C(=O)N1CCOc1cccc2ccccc12. The Labute approximate surface area is 229 Å². The third-order valence-electron chi connectivity index (χ3n) is 6.54. The van der Waals surface area contributed by atoms with Gasteiger partial charge in [-0.2, -0.15) is 0 Å². The van der Waals surface area contributed by atoms with Gasteiger partial charge in [-0.1, -0.05) is 78.3 Å². The van der Waals surface area contributed by atoms with E-state index in [-0.39, 0.29) is 24.3 Å². The number of para-hydroxylation sites is 1. The molecule has 0 saturated carbocycles. The predicted octanol–water partition coefficient (Wildman–Crippen LogP) is 7.61. The molecular formula is C31H23ClN2O3S. The fourth-order valence-electron chi connectivity index (χ4n) is 4.76. The highest BCUT2D eigenvalue weighted by Gasteiger charge is 2.35. The van der Waals surface area contributed by atoms with Gasteiger partial charge in [-0.05, 0) is 53.1 Å². The summed E-state index contributed by atoms with van der Waals surface area (Å²) < 4.78 is 8.10. The van der Waals surface area contributed by atoms with E-state index >= 15 is 0 Å². The number of halogens is 1. The molecule has 0 aliphatic carbocycles. The van der Waals surface area contributed by atoms with Crippen LogP contribution in [0.2, 0.25) is 5.02 Å². The molecule has 2 heterocycles. The zero-order valence-corrected chi connectivity index (χ0v) is 21.9. The molecule has 1 fully saturated rings. The maximum atomic E-state index is 13.2. The van der Waals surface area contributed by atoms with Crippen LogP contribution >= 0.6 is 23.4 Å². The van der Waals surface area contributed by atoms with Crippen molar-refractivity contribution in [2.75, 3.05) is 13.2 Å². The molecule has 6 rings (SSSR count). The van der Waals surface area contributed by atoms with Crippen LogP contribution in [0.25, 0.3) is 27.8 Å². The summed E-state index contributed by atoms with van der Waals surface area (Å²) >= 11 is 7.15. The highest BCUT2D eigenvalue weighted by Crippen LogP contribution is 2.34. The van der Waals surface area contributed by atoms with Gasteiger partial charge in [0.1, 0.15) is 12.4 Å². The number of hydrogen-bond acceptors (Lipinski definition) is 4. The molecule has 1 aliphatic rings. The second kappa shape index (κ2) is 10.4. The Kier molecular flexibility index (Phi) is 6.66. The highest BCUT2D eigenvalue weighted by atomic mass is 35.5. The van der Waals surface area contributed by atoms with E-state index in [0.717, 1.165) is 50.3 Å². The van der Waals surface area contributed by atoms with E-state index in [1.54, 1.807) is 0 Å². The molecule has 2 amide bonds. The molecule has 4 aromatic carbocycles. The van der Waals surface area contributed by atoms with E-state index in [1.165, 1.54) is 4.90 Å². The molecule has 38 heavy (non-hydrogen) atoms. The lowest BCUT2D eigenvalue weighted by atomic mass is 10.1. The first kappa shape index (κ1) is 24.3. The maximum absolute atomic E-state index is 13.2. The van der Waals surface area contributed by atoms with Crippen LogP contribution in [-0.2, 0) is 11.3 Å². The Morgan fingerprint density at radius 3 is 2.50 bits per heavy atom. The molecule has 1 saturated heterocycles. The van der Waals surface area contributed by atoms with Crippen LogP contribution in [0.4, 0.5) is 4.79 Å². The Balaban J connectivity index is 1.21. The number of fused-ring (bicyclic) bond motifs is 2. The van der Waals surface area contributed by atoms with Crippen LogP contribution in [-0.4, -0.2) is 33.8 Å². The van der Waals surface area contributed by atoms with E-state index < -0.39 is 0 Å². The van der Waals surface area contributed by atoms with Gasteiger partial charge < -0.3 is 9.30 Å². The van der Waals surface area contributed by atoms with Gasteiger partial charge in [-0.3, -0.25) is 14.5 Å². The van der Waals surface area contributed by atoms with Gasteiger partial charge in [0, 0.05) is 39.6 Å². The highest BCUT2D eigenvalue weighted by molar-refractivity contribution is 8.18. The second-order valence-electron chi connectivity index (χ2n) is 9.02. The largest absolute Gasteiger partial charge is 0.491 e. The monoisotopic (exact) mass is 538 g/mol. The van der Waals surface area contributed by atoms with Crippen molar-refractivity contribution >= 4 is 62.3 Å². The van der Waals surface area contributed by atoms with Gasteiger partial charge in [-0.15, -0.1) is 0 Å². The Hall–Kier alpha value is -4.00. The first-order valence-corrected chi connectivity index (χ1v) is 13.4. The molecule has 5 aromatic rings. The minimum atomic E-state index is -0.298. The number of ether oxygens (including phenoxy) is 1. The number of aromatic nitrogens is 1. The number of thioether (sulfide) groups is 1. The summed E-state index contributed by atoms with van der Waals surface area (Å²) in [6.45, 7) is 1.04.